The Morgan fingerprint density at radius 3 is 2.50 bits per heavy atom. The molecule has 1 atom stereocenters. The van der Waals surface area contributed by atoms with Crippen molar-refractivity contribution in [2.24, 2.45) is 11.7 Å². The molecule has 1 unspecified atom stereocenters. The molecule has 2 N–H and O–H groups in total. The maximum absolute atomic E-state index is 12.8. The Morgan fingerprint density at radius 2 is 1.77 bits per heavy atom. The second kappa shape index (κ2) is 8.54. The Hall–Kier alpha value is -2.08. The van der Waals surface area contributed by atoms with Gasteiger partial charge in [0, 0.05) is 43.7 Å². The average molecular weight is 359 g/mol. The summed E-state index contributed by atoms with van der Waals surface area (Å²) in [5, 5.41) is 0. The van der Waals surface area contributed by atoms with Gasteiger partial charge in [-0.2, -0.15) is 0 Å². The minimum Gasteiger partial charge on any atom is -0.497 e. The predicted molar refractivity (Wildman–Crippen MR) is 100 cm³/mol. The van der Waals surface area contributed by atoms with Crippen molar-refractivity contribution in [3.8, 4) is 5.75 Å². The molecular formula is C20H29N3O3. The molecule has 0 bridgehead atoms. The van der Waals surface area contributed by atoms with Crippen molar-refractivity contribution in [2.45, 2.75) is 38.1 Å². The fourth-order valence-electron chi connectivity index (χ4n) is 3.87. The number of amides is 2. The maximum Gasteiger partial charge on any atom is 0.253 e. The zero-order valence-corrected chi connectivity index (χ0v) is 15.5. The number of carbonyl (C=O) groups excluding carboxylic acids is 2. The summed E-state index contributed by atoms with van der Waals surface area (Å²) >= 11 is 0. The summed E-state index contributed by atoms with van der Waals surface area (Å²) < 4.78 is 5.20. The van der Waals surface area contributed by atoms with Crippen LogP contribution in [0.3, 0.4) is 0 Å². The van der Waals surface area contributed by atoms with Crippen molar-refractivity contribution in [1.29, 1.82) is 0 Å². The SMILES string of the molecule is COc1cccc(C(=O)N2CCC(C(=O)N3CCCC(N)CC3)CC2)c1. The van der Waals surface area contributed by atoms with Crippen LogP contribution in [0.5, 0.6) is 5.75 Å². The summed E-state index contributed by atoms with van der Waals surface area (Å²) in [5.41, 5.74) is 6.65. The fraction of sp³-hybridized carbons (Fsp3) is 0.600. The normalized spacial score (nSPS) is 22.0. The molecule has 2 heterocycles. The van der Waals surface area contributed by atoms with Crippen LogP contribution >= 0.6 is 0 Å². The monoisotopic (exact) mass is 359 g/mol. The van der Waals surface area contributed by atoms with Crippen molar-refractivity contribution in [1.82, 2.24) is 9.80 Å². The largest absolute Gasteiger partial charge is 0.497 e. The van der Waals surface area contributed by atoms with E-state index in [2.05, 4.69) is 0 Å². The summed E-state index contributed by atoms with van der Waals surface area (Å²) in [7, 11) is 1.59. The number of piperidine rings is 1. The third-order valence-corrected chi connectivity index (χ3v) is 5.53. The number of benzene rings is 1. The van der Waals surface area contributed by atoms with E-state index in [1.807, 2.05) is 28.0 Å². The van der Waals surface area contributed by atoms with Gasteiger partial charge in [0.1, 0.15) is 5.75 Å². The van der Waals surface area contributed by atoms with Gasteiger partial charge in [-0.05, 0) is 50.3 Å². The van der Waals surface area contributed by atoms with Crippen LogP contribution in [-0.4, -0.2) is 60.9 Å². The number of ether oxygens (including phenoxy) is 1. The van der Waals surface area contributed by atoms with E-state index in [1.165, 1.54) is 0 Å². The van der Waals surface area contributed by atoms with Crippen LogP contribution in [0.15, 0.2) is 24.3 Å². The van der Waals surface area contributed by atoms with E-state index in [9.17, 15) is 9.59 Å². The fourth-order valence-corrected chi connectivity index (χ4v) is 3.87. The quantitative estimate of drug-likeness (QED) is 0.894. The van der Waals surface area contributed by atoms with E-state index in [-0.39, 0.29) is 23.8 Å². The number of nitrogens with zero attached hydrogens (tertiary/aromatic N) is 2. The summed E-state index contributed by atoms with van der Waals surface area (Å²) in [6, 6.07) is 7.44. The average Bonchev–Trinajstić information content (AvgIpc) is 2.91. The molecule has 142 valence electrons. The Kier molecular flexibility index (Phi) is 6.14. The van der Waals surface area contributed by atoms with E-state index in [1.54, 1.807) is 13.2 Å². The van der Waals surface area contributed by atoms with Crippen molar-refractivity contribution in [3.63, 3.8) is 0 Å². The van der Waals surface area contributed by atoms with Gasteiger partial charge in [-0.25, -0.2) is 0 Å². The molecular weight excluding hydrogens is 330 g/mol. The number of methoxy groups -OCH3 is 1. The van der Waals surface area contributed by atoms with E-state index in [4.69, 9.17) is 10.5 Å². The zero-order valence-electron chi connectivity index (χ0n) is 15.5. The highest BCUT2D eigenvalue weighted by Gasteiger charge is 2.31. The number of nitrogens with two attached hydrogens (primary N) is 1. The maximum atomic E-state index is 12.8. The van der Waals surface area contributed by atoms with Gasteiger partial charge in [0.15, 0.2) is 0 Å². The topological polar surface area (TPSA) is 75.9 Å². The highest BCUT2D eigenvalue weighted by molar-refractivity contribution is 5.94. The van der Waals surface area contributed by atoms with Crippen LogP contribution in [0.1, 0.15) is 42.5 Å². The minimum absolute atomic E-state index is 0.00976. The summed E-state index contributed by atoms with van der Waals surface area (Å²) in [6.07, 6.45) is 4.34. The Morgan fingerprint density at radius 1 is 1.04 bits per heavy atom. The van der Waals surface area contributed by atoms with Gasteiger partial charge >= 0.3 is 0 Å². The third-order valence-electron chi connectivity index (χ3n) is 5.53. The molecule has 2 fully saturated rings. The van der Waals surface area contributed by atoms with Gasteiger partial charge in [-0.1, -0.05) is 6.07 Å². The lowest BCUT2D eigenvalue weighted by Crippen LogP contribution is -2.44. The van der Waals surface area contributed by atoms with Crippen LogP contribution < -0.4 is 10.5 Å². The van der Waals surface area contributed by atoms with Crippen LogP contribution in [0.4, 0.5) is 0 Å². The first-order valence-electron chi connectivity index (χ1n) is 9.56. The van der Waals surface area contributed by atoms with Crippen LogP contribution in [0, 0.1) is 5.92 Å². The summed E-state index contributed by atoms with van der Waals surface area (Å²) in [5.74, 6) is 0.960. The van der Waals surface area contributed by atoms with E-state index >= 15 is 0 Å². The lowest BCUT2D eigenvalue weighted by Gasteiger charge is -2.34. The van der Waals surface area contributed by atoms with Gasteiger partial charge in [-0.3, -0.25) is 9.59 Å². The molecule has 0 radical (unpaired) electrons. The number of likely N-dealkylation sites (tertiary alicyclic amines) is 2. The molecule has 26 heavy (non-hydrogen) atoms. The van der Waals surface area contributed by atoms with Crippen LogP contribution in [0.2, 0.25) is 0 Å². The second-order valence-corrected chi connectivity index (χ2v) is 7.31. The number of carbonyl (C=O) groups is 2. The standard InChI is InChI=1S/C20H29N3O3/c1-26-18-6-2-4-16(14-18)20(25)23-11-7-15(8-12-23)19(24)22-10-3-5-17(21)9-13-22/h2,4,6,14-15,17H,3,5,7-13,21H2,1H3. The highest BCUT2D eigenvalue weighted by atomic mass is 16.5. The first-order valence-corrected chi connectivity index (χ1v) is 9.56. The molecule has 0 spiro atoms. The van der Waals surface area contributed by atoms with Crippen molar-refractivity contribution in [2.75, 3.05) is 33.3 Å². The van der Waals surface area contributed by atoms with E-state index < -0.39 is 0 Å². The number of hydrogen-bond donors (Lipinski definition) is 1. The molecule has 2 saturated heterocycles. The van der Waals surface area contributed by atoms with Gasteiger partial charge in [0.05, 0.1) is 7.11 Å². The van der Waals surface area contributed by atoms with Gasteiger partial charge in [0.2, 0.25) is 5.91 Å². The van der Waals surface area contributed by atoms with Gasteiger partial charge in [-0.15, -0.1) is 0 Å². The highest BCUT2D eigenvalue weighted by Crippen LogP contribution is 2.23. The molecule has 0 aromatic heterocycles. The zero-order chi connectivity index (χ0) is 18.5. The van der Waals surface area contributed by atoms with Crippen LogP contribution in [0.25, 0.3) is 0 Å². The van der Waals surface area contributed by atoms with Gasteiger partial charge < -0.3 is 20.3 Å². The molecule has 0 saturated carbocycles. The Bertz CT molecular complexity index is 641. The van der Waals surface area contributed by atoms with Crippen LogP contribution in [-0.2, 0) is 4.79 Å². The van der Waals surface area contributed by atoms with E-state index in [0.717, 1.165) is 45.2 Å². The predicted octanol–water partition coefficient (Wildman–Crippen LogP) is 1.89. The molecule has 3 rings (SSSR count). The molecule has 1 aromatic rings. The number of rotatable bonds is 3. The van der Waals surface area contributed by atoms with Crippen molar-refractivity contribution in [3.05, 3.63) is 29.8 Å². The molecule has 1 aromatic carbocycles. The van der Waals surface area contributed by atoms with Crippen molar-refractivity contribution < 1.29 is 14.3 Å². The minimum atomic E-state index is 0.00976. The molecule has 2 aliphatic rings. The first kappa shape index (κ1) is 18.7. The lowest BCUT2D eigenvalue weighted by molar-refractivity contribution is -0.136. The third kappa shape index (κ3) is 4.36. The molecule has 2 aliphatic heterocycles. The Balaban J connectivity index is 1.55. The molecule has 6 nitrogen and oxygen atoms in total. The van der Waals surface area contributed by atoms with E-state index in [0.29, 0.717) is 24.4 Å². The second-order valence-electron chi connectivity index (χ2n) is 7.31. The smallest absolute Gasteiger partial charge is 0.253 e. The summed E-state index contributed by atoms with van der Waals surface area (Å²) in [4.78, 5) is 29.3. The molecule has 6 heteroatoms. The van der Waals surface area contributed by atoms with Crippen molar-refractivity contribution >= 4 is 11.8 Å². The first-order chi connectivity index (χ1) is 12.6. The molecule has 0 aliphatic carbocycles. The summed E-state index contributed by atoms with van der Waals surface area (Å²) in [6.45, 7) is 2.83. The Labute approximate surface area is 155 Å². The lowest BCUT2D eigenvalue weighted by atomic mass is 9.94. The molecule has 2 amide bonds. The van der Waals surface area contributed by atoms with Gasteiger partial charge in [0.25, 0.3) is 5.91 Å². The number of hydrogen-bond acceptors (Lipinski definition) is 4.